The molecule has 0 fully saturated rings. The van der Waals surface area contributed by atoms with Crippen LogP contribution in [-0.4, -0.2) is 25.7 Å². The molecule has 2 aromatic carbocycles. The summed E-state index contributed by atoms with van der Waals surface area (Å²) in [6.07, 6.45) is 6.88. The van der Waals surface area contributed by atoms with Gasteiger partial charge in [-0.15, -0.1) is 6.42 Å². The Hall–Kier alpha value is -3.00. The first kappa shape index (κ1) is 19.3. The number of amides is 1. The summed E-state index contributed by atoms with van der Waals surface area (Å²) in [5, 5.41) is 2.88. The molecule has 0 aliphatic heterocycles. The summed E-state index contributed by atoms with van der Waals surface area (Å²) in [6, 6.07) is 13.5. The molecule has 0 spiro atoms. The van der Waals surface area contributed by atoms with E-state index in [0.29, 0.717) is 31.7 Å². The van der Waals surface area contributed by atoms with E-state index in [9.17, 15) is 9.18 Å². The Balaban J connectivity index is 1.57. The van der Waals surface area contributed by atoms with E-state index >= 15 is 0 Å². The molecule has 0 aliphatic carbocycles. The fraction of sp³-hybridized carbons (Fsp3) is 0.286. The molecule has 0 aromatic heterocycles. The molecule has 0 aliphatic rings. The molecule has 136 valence electrons. The van der Waals surface area contributed by atoms with Gasteiger partial charge < -0.3 is 14.8 Å². The summed E-state index contributed by atoms with van der Waals surface area (Å²) in [6.45, 7) is 1.24. The van der Waals surface area contributed by atoms with Crippen LogP contribution in [0, 0.1) is 18.2 Å². The smallest absolute Gasteiger partial charge is 0.220 e. The molecule has 0 radical (unpaired) electrons. The quantitative estimate of drug-likeness (QED) is 0.525. The highest BCUT2D eigenvalue weighted by Crippen LogP contribution is 2.13. The zero-order chi connectivity index (χ0) is 18.6. The van der Waals surface area contributed by atoms with Crippen molar-refractivity contribution in [2.75, 3.05) is 19.8 Å². The number of hydrogen-bond donors (Lipinski definition) is 1. The molecule has 0 bridgehead atoms. The Morgan fingerprint density at radius 2 is 1.69 bits per heavy atom. The highest BCUT2D eigenvalue weighted by Gasteiger charge is 2.02. The maximum absolute atomic E-state index is 12.8. The summed E-state index contributed by atoms with van der Waals surface area (Å²) in [5.41, 5.74) is 1.11. The van der Waals surface area contributed by atoms with Gasteiger partial charge in [0.25, 0.3) is 0 Å². The van der Waals surface area contributed by atoms with E-state index < -0.39 is 0 Å². The Bertz CT molecular complexity index is 720. The maximum Gasteiger partial charge on any atom is 0.220 e. The van der Waals surface area contributed by atoms with E-state index in [2.05, 4.69) is 11.2 Å². The Morgan fingerprint density at radius 1 is 1.04 bits per heavy atom. The summed E-state index contributed by atoms with van der Waals surface area (Å²) >= 11 is 0. The van der Waals surface area contributed by atoms with Gasteiger partial charge in [-0.05, 0) is 54.8 Å². The van der Waals surface area contributed by atoms with Crippen LogP contribution in [0.3, 0.4) is 0 Å². The van der Waals surface area contributed by atoms with Crippen LogP contribution in [0.4, 0.5) is 4.39 Å². The standard InChI is InChI=1S/C21H22FNO3/c1-2-15-25-19-9-5-17(6-10-19)13-14-23-21(24)4-3-16-26-20-11-7-18(22)8-12-20/h1,5-12H,3-4,13-16H2,(H,23,24). The van der Waals surface area contributed by atoms with Crippen LogP contribution >= 0.6 is 0 Å². The van der Waals surface area contributed by atoms with Gasteiger partial charge in [0.05, 0.1) is 6.61 Å². The average molecular weight is 355 g/mol. The van der Waals surface area contributed by atoms with Crippen molar-refractivity contribution in [2.24, 2.45) is 0 Å². The molecule has 2 rings (SSSR count). The number of rotatable bonds is 10. The molecule has 5 heteroatoms. The highest BCUT2D eigenvalue weighted by atomic mass is 19.1. The molecule has 4 nitrogen and oxygen atoms in total. The van der Waals surface area contributed by atoms with E-state index in [1.807, 2.05) is 24.3 Å². The molecule has 0 unspecified atom stereocenters. The van der Waals surface area contributed by atoms with Gasteiger partial charge in [0.2, 0.25) is 5.91 Å². The van der Waals surface area contributed by atoms with Crippen molar-refractivity contribution in [2.45, 2.75) is 19.3 Å². The van der Waals surface area contributed by atoms with E-state index in [-0.39, 0.29) is 18.3 Å². The minimum atomic E-state index is -0.300. The van der Waals surface area contributed by atoms with Crippen LogP contribution in [0.25, 0.3) is 0 Å². The second-order valence-electron chi connectivity index (χ2n) is 5.64. The van der Waals surface area contributed by atoms with Gasteiger partial charge >= 0.3 is 0 Å². The number of halogens is 1. The van der Waals surface area contributed by atoms with Gasteiger partial charge in [-0.3, -0.25) is 4.79 Å². The third-order valence-corrected chi connectivity index (χ3v) is 3.61. The molecule has 0 saturated carbocycles. The Kier molecular flexibility index (Phi) is 8.01. The minimum Gasteiger partial charge on any atom is -0.494 e. The van der Waals surface area contributed by atoms with Crippen molar-refractivity contribution >= 4 is 5.91 Å². The monoisotopic (exact) mass is 355 g/mol. The molecular formula is C21H22FNO3. The zero-order valence-electron chi connectivity index (χ0n) is 14.5. The molecule has 1 N–H and O–H groups in total. The number of carbonyl (C=O) groups excluding carboxylic acids is 1. The summed E-state index contributed by atoms with van der Waals surface area (Å²) in [5.74, 6) is 3.44. The lowest BCUT2D eigenvalue weighted by Gasteiger charge is -2.08. The first-order valence-corrected chi connectivity index (χ1v) is 8.47. The molecule has 2 aromatic rings. The predicted molar refractivity (Wildman–Crippen MR) is 98.6 cm³/mol. The van der Waals surface area contributed by atoms with Gasteiger partial charge in [0.1, 0.15) is 23.9 Å². The third kappa shape index (κ3) is 7.27. The Labute approximate surface area is 153 Å². The molecular weight excluding hydrogens is 333 g/mol. The lowest BCUT2D eigenvalue weighted by atomic mass is 10.1. The van der Waals surface area contributed by atoms with Crippen LogP contribution in [0.1, 0.15) is 18.4 Å². The first-order chi connectivity index (χ1) is 12.7. The van der Waals surface area contributed by atoms with Crippen LogP contribution in [-0.2, 0) is 11.2 Å². The number of nitrogens with one attached hydrogen (secondary N) is 1. The largest absolute Gasteiger partial charge is 0.494 e. The van der Waals surface area contributed by atoms with Crippen molar-refractivity contribution in [3.63, 3.8) is 0 Å². The normalized spacial score (nSPS) is 10.0. The first-order valence-electron chi connectivity index (χ1n) is 8.47. The van der Waals surface area contributed by atoms with Crippen LogP contribution < -0.4 is 14.8 Å². The highest BCUT2D eigenvalue weighted by molar-refractivity contribution is 5.75. The van der Waals surface area contributed by atoms with E-state index in [1.165, 1.54) is 12.1 Å². The van der Waals surface area contributed by atoms with Gasteiger partial charge in [0, 0.05) is 13.0 Å². The van der Waals surface area contributed by atoms with E-state index in [1.54, 1.807) is 12.1 Å². The SMILES string of the molecule is C#CCOc1ccc(CCNC(=O)CCCOc2ccc(F)cc2)cc1. The second kappa shape index (κ2) is 10.8. The fourth-order valence-corrected chi connectivity index (χ4v) is 2.27. The van der Waals surface area contributed by atoms with Crippen molar-refractivity contribution < 1.29 is 18.7 Å². The maximum atomic E-state index is 12.8. The average Bonchev–Trinajstić information content (AvgIpc) is 2.66. The lowest BCUT2D eigenvalue weighted by Crippen LogP contribution is -2.25. The number of ether oxygens (including phenoxy) is 2. The molecule has 26 heavy (non-hydrogen) atoms. The fourth-order valence-electron chi connectivity index (χ4n) is 2.27. The molecule has 0 heterocycles. The second-order valence-corrected chi connectivity index (χ2v) is 5.64. The van der Waals surface area contributed by atoms with Crippen molar-refractivity contribution in [1.82, 2.24) is 5.32 Å². The summed E-state index contributed by atoms with van der Waals surface area (Å²) in [4.78, 5) is 11.8. The topological polar surface area (TPSA) is 47.6 Å². The number of benzene rings is 2. The number of carbonyl (C=O) groups is 1. The molecule has 0 saturated heterocycles. The molecule has 1 amide bonds. The van der Waals surface area contributed by atoms with E-state index in [4.69, 9.17) is 15.9 Å². The predicted octanol–water partition coefficient (Wildman–Crippen LogP) is 3.36. The zero-order valence-corrected chi connectivity index (χ0v) is 14.5. The summed E-state index contributed by atoms with van der Waals surface area (Å²) in [7, 11) is 0. The van der Waals surface area contributed by atoms with Crippen LogP contribution in [0.2, 0.25) is 0 Å². The van der Waals surface area contributed by atoms with Gasteiger partial charge in [-0.2, -0.15) is 0 Å². The van der Waals surface area contributed by atoms with Crippen molar-refractivity contribution in [1.29, 1.82) is 0 Å². The number of hydrogen-bond acceptors (Lipinski definition) is 3. The van der Waals surface area contributed by atoms with Gasteiger partial charge in [-0.25, -0.2) is 4.39 Å². The third-order valence-electron chi connectivity index (χ3n) is 3.61. The van der Waals surface area contributed by atoms with Crippen molar-refractivity contribution in [3.8, 4) is 23.8 Å². The molecule has 0 atom stereocenters. The van der Waals surface area contributed by atoms with Crippen LogP contribution in [0.15, 0.2) is 48.5 Å². The Morgan fingerprint density at radius 3 is 2.38 bits per heavy atom. The van der Waals surface area contributed by atoms with Gasteiger partial charge in [-0.1, -0.05) is 18.1 Å². The number of terminal acetylenes is 1. The van der Waals surface area contributed by atoms with E-state index in [0.717, 1.165) is 17.7 Å². The van der Waals surface area contributed by atoms with Crippen molar-refractivity contribution in [3.05, 3.63) is 59.9 Å². The lowest BCUT2D eigenvalue weighted by molar-refractivity contribution is -0.121. The van der Waals surface area contributed by atoms with Gasteiger partial charge in [0.15, 0.2) is 0 Å². The minimum absolute atomic E-state index is 0.0123. The summed E-state index contributed by atoms with van der Waals surface area (Å²) < 4.78 is 23.5. The van der Waals surface area contributed by atoms with Crippen LogP contribution in [0.5, 0.6) is 11.5 Å².